The Morgan fingerprint density at radius 1 is 0.875 bits per heavy atom. The highest BCUT2D eigenvalue weighted by Crippen LogP contribution is 2.31. The molecule has 0 saturated heterocycles. The molecule has 1 unspecified atom stereocenters. The maximum atomic E-state index is 6.00. The van der Waals surface area contributed by atoms with Crippen molar-refractivity contribution >= 4 is 11.4 Å². The van der Waals surface area contributed by atoms with Gasteiger partial charge < -0.3 is 11.5 Å². The smallest absolute Gasteiger partial charge is 0.0586 e. The predicted molar refractivity (Wildman–Crippen MR) is 69.2 cm³/mol. The number of hydrogen-bond acceptors (Lipinski definition) is 2. The highest BCUT2D eigenvalue weighted by molar-refractivity contribution is 5.68. The van der Waals surface area contributed by atoms with Crippen LogP contribution in [0.4, 0.5) is 11.4 Å². The number of benzene rings is 2. The molecule has 2 aromatic carbocycles. The number of nitrogens with two attached hydrogens (primary N) is 2. The lowest BCUT2D eigenvalue weighted by Crippen LogP contribution is -2.03. The summed E-state index contributed by atoms with van der Waals surface area (Å²) in [6.07, 6.45) is 0. The summed E-state index contributed by atoms with van der Waals surface area (Å²) in [5, 5.41) is 0. The number of para-hydroxylation sites is 1. The molecule has 2 rings (SSSR count). The van der Waals surface area contributed by atoms with Gasteiger partial charge in [-0.3, -0.25) is 0 Å². The molecule has 0 saturated carbocycles. The summed E-state index contributed by atoms with van der Waals surface area (Å²) in [5.74, 6) is 0.268. The molecule has 0 fully saturated rings. The van der Waals surface area contributed by atoms with Crippen molar-refractivity contribution < 1.29 is 0 Å². The maximum Gasteiger partial charge on any atom is 0.0586 e. The molecule has 0 aliphatic rings. The highest BCUT2D eigenvalue weighted by atomic mass is 14.7. The topological polar surface area (TPSA) is 52.0 Å². The molecular formula is C14H16N2. The molecule has 2 aromatic rings. The Labute approximate surface area is 95.9 Å². The van der Waals surface area contributed by atoms with E-state index in [4.69, 9.17) is 11.5 Å². The highest BCUT2D eigenvalue weighted by Gasteiger charge is 2.11. The third-order valence-electron chi connectivity index (χ3n) is 2.94. The number of hydrogen-bond donors (Lipinski definition) is 2. The van der Waals surface area contributed by atoms with Crippen LogP contribution in [0.25, 0.3) is 0 Å². The molecule has 4 N–H and O–H groups in total. The van der Waals surface area contributed by atoms with Gasteiger partial charge >= 0.3 is 0 Å². The van der Waals surface area contributed by atoms with E-state index in [9.17, 15) is 0 Å². The van der Waals surface area contributed by atoms with Gasteiger partial charge in [-0.05, 0) is 17.2 Å². The third kappa shape index (κ3) is 1.87. The SMILES string of the molecule is CC(c1ccccc1)c1cccc(N)c1N. The summed E-state index contributed by atoms with van der Waals surface area (Å²) in [4.78, 5) is 0. The van der Waals surface area contributed by atoms with Crippen LogP contribution in [0.15, 0.2) is 48.5 Å². The lowest BCUT2D eigenvalue weighted by atomic mass is 9.91. The number of anilines is 2. The summed E-state index contributed by atoms with van der Waals surface area (Å²) < 4.78 is 0. The molecule has 0 aliphatic carbocycles. The molecule has 2 heteroatoms. The summed E-state index contributed by atoms with van der Waals surface area (Å²) in [6.45, 7) is 2.14. The van der Waals surface area contributed by atoms with Gasteiger partial charge in [0.05, 0.1) is 11.4 Å². The van der Waals surface area contributed by atoms with Gasteiger partial charge in [-0.1, -0.05) is 49.4 Å². The summed E-state index contributed by atoms with van der Waals surface area (Å²) in [7, 11) is 0. The largest absolute Gasteiger partial charge is 0.397 e. The Balaban J connectivity index is 2.42. The molecule has 1 atom stereocenters. The van der Waals surface area contributed by atoms with Crippen LogP contribution in [-0.4, -0.2) is 0 Å². The Kier molecular flexibility index (Phi) is 2.82. The lowest BCUT2D eigenvalue weighted by Gasteiger charge is -2.15. The molecule has 0 bridgehead atoms. The summed E-state index contributed by atoms with van der Waals surface area (Å²) in [6, 6.07) is 16.1. The average Bonchev–Trinajstić information content (AvgIpc) is 2.33. The van der Waals surface area contributed by atoms with Crippen molar-refractivity contribution in [2.75, 3.05) is 11.5 Å². The van der Waals surface area contributed by atoms with Gasteiger partial charge in [-0.2, -0.15) is 0 Å². The van der Waals surface area contributed by atoms with Crippen molar-refractivity contribution in [3.05, 3.63) is 59.7 Å². The van der Waals surface area contributed by atoms with Gasteiger partial charge in [-0.15, -0.1) is 0 Å². The lowest BCUT2D eigenvalue weighted by molar-refractivity contribution is 0.926. The van der Waals surface area contributed by atoms with Crippen molar-refractivity contribution in [3.8, 4) is 0 Å². The molecular weight excluding hydrogens is 196 g/mol. The van der Waals surface area contributed by atoms with Crippen LogP contribution in [0, 0.1) is 0 Å². The fourth-order valence-electron chi connectivity index (χ4n) is 1.90. The van der Waals surface area contributed by atoms with Gasteiger partial charge in [-0.25, -0.2) is 0 Å². The van der Waals surface area contributed by atoms with E-state index in [1.807, 2.05) is 36.4 Å². The van der Waals surface area contributed by atoms with E-state index in [2.05, 4.69) is 19.1 Å². The number of nitrogen functional groups attached to an aromatic ring is 2. The van der Waals surface area contributed by atoms with Crippen molar-refractivity contribution in [2.24, 2.45) is 0 Å². The first-order valence-electron chi connectivity index (χ1n) is 5.39. The second-order valence-electron chi connectivity index (χ2n) is 3.98. The van der Waals surface area contributed by atoms with Gasteiger partial charge in [0.25, 0.3) is 0 Å². The maximum absolute atomic E-state index is 6.00. The first-order chi connectivity index (χ1) is 7.70. The molecule has 0 amide bonds. The summed E-state index contributed by atoms with van der Waals surface area (Å²) >= 11 is 0. The second-order valence-corrected chi connectivity index (χ2v) is 3.98. The zero-order valence-electron chi connectivity index (χ0n) is 9.35. The average molecular weight is 212 g/mol. The third-order valence-corrected chi connectivity index (χ3v) is 2.94. The van der Waals surface area contributed by atoms with Crippen LogP contribution in [0.1, 0.15) is 24.0 Å². The minimum atomic E-state index is 0.268. The molecule has 0 spiro atoms. The first-order valence-corrected chi connectivity index (χ1v) is 5.39. The van der Waals surface area contributed by atoms with Crippen LogP contribution in [-0.2, 0) is 0 Å². The molecule has 0 radical (unpaired) electrons. The quantitative estimate of drug-likeness (QED) is 0.752. The molecule has 0 aromatic heterocycles. The van der Waals surface area contributed by atoms with Gasteiger partial charge in [0.15, 0.2) is 0 Å². The normalized spacial score (nSPS) is 12.3. The zero-order chi connectivity index (χ0) is 11.5. The first kappa shape index (κ1) is 10.6. The standard InChI is InChI=1S/C14H16N2/c1-10(11-6-3-2-4-7-11)12-8-5-9-13(15)14(12)16/h2-10H,15-16H2,1H3. The van der Waals surface area contributed by atoms with Crippen molar-refractivity contribution in [2.45, 2.75) is 12.8 Å². The Morgan fingerprint density at radius 2 is 1.56 bits per heavy atom. The molecule has 2 nitrogen and oxygen atoms in total. The van der Waals surface area contributed by atoms with Gasteiger partial charge in [0.2, 0.25) is 0 Å². The van der Waals surface area contributed by atoms with E-state index in [1.54, 1.807) is 0 Å². The van der Waals surface area contributed by atoms with Crippen molar-refractivity contribution in [1.82, 2.24) is 0 Å². The summed E-state index contributed by atoms with van der Waals surface area (Å²) in [5.41, 5.74) is 15.5. The minimum absolute atomic E-state index is 0.268. The molecule has 0 aliphatic heterocycles. The predicted octanol–water partition coefficient (Wildman–Crippen LogP) is 3.00. The monoisotopic (exact) mass is 212 g/mol. The van der Waals surface area contributed by atoms with E-state index in [-0.39, 0.29) is 5.92 Å². The Hall–Kier alpha value is -1.96. The van der Waals surface area contributed by atoms with E-state index in [0.29, 0.717) is 11.4 Å². The second kappa shape index (κ2) is 4.27. The van der Waals surface area contributed by atoms with Crippen LogP contribution in [0.2, 0.25) is 0 Å². The van der Waals surface area contributed by atoms with E-state index in [1.165, 1.54) is 5.56 Å². The van der Waals surface area contributed by atoms with Crippen LogP contribution in [0.3, 0.4) is 0 Å². The van der Waals surface area contributed by atoms with Crippen LogP contribution in [0.5, 0.6) is 0 Å². The number of rotatable bonds is 2. The Bertz CT molecular complexity index is 477. The van der Waals surface area contributed by atoms with Crippen molar-refractivity contribution in [1.29, 1.82) is 0 Å². The van der Waals surface area contributed by atoms with Crippen LogP contribution < -0.4 is 11.5 Å². The fourth-order valence-corrected chi connectivity index (χ4v) is 1.90. The molecule has 82 valence electrons. The van der Waals surface area contributed by atoms with Gasteiger partial charge in [0, 0.05) is 5.92 Å². The fraction of sp³-hybridized carbons (Fsp3) is 0.143. The Morgan fingerprint density at radius 3 is 2.25 bits per heavy atom. The van der Waals surface area contributed by atoms with E-state index < -0.39 is 0 Å². The minimum Gasteiger partial charge on any atom is -0.397 e. The van der Waals surface area contributed by atoms with E-state index in [0.717, 1.165) is 5.56 Å². The van der Waals surface area contributed by atoms with Crippen molar-refractivity contribution in [3.63, 3.8) is 0 Å². The van der Waals surface area contributed by atoms with Gasteiger partial charge in [0.1, 0.15) is 0 Å². The molecule has 16 heavy (non-hydrogen) atoms. The zero-order valence-corrected chi connectivity index (χ0v) is 9.35. The molecule has 0 heterocycles. The van der Waals surface area contributed by atoms with E-state index >= 15 is 0 Å². The van der Waals surface area contributed by atoms with Crippen LogP contribution >= 0.6 is 0 Å².